The van der Waals surface area contributed by atoms with Gasteiger partial charge in [0, 0.05) is 23.9 Å². The molecule has 0 radical (unpaired) electrons. The zero-order valence-electron chi connectivity index (χ0n) is 11.4. The second kappa shape index (κ2) is 7.31. The second-order valence-corrected chi connectivity index (χ2v) is 4.58. The van der Waals surface area contributed by atoms with E-state index in [1.165, 1.54) is 0 Å². The molecule has 3 nitrogen and oxygen atoms in total. The van der Waals surface area contributed by atoms with Gasteiger partial charge < -0.3 is 9.64 Å². The molecule has 0 aromatic carbocycles. The molecule has 94 valence electrons. The molecule has 0 aliphatic carbocycles. The van der Waals surface area contributed by atoms with Gasteiger partial charge in [-0.1, -0.05) is 6.92 Å². The zero-order valence-corrected chi connectivity index (χ0v) is 11.4. The molecular weight excluding hydrogens is 202 g/mol. The fraction of sp³-hybridized carbons (Fsp3) is 0.769. The lowest BCUT2D eigenvalue weighted by molar-refractivity contribution is -0.139. The number of hydrogen-bond donors (Lipinski definition) is 0. The van der Waals surface area contributed by atoms with Crippen LogP contribution < -0.4 is 0 Å². The molecule has 0 amide bonds. The lowest BCUT2D eigenvalue weighted by atomic mass is 10.2. The number of ether oxygens (including phenoxy) is 1. The molecule has 3 heteroatoms. The minimum atomic E-state index is -0.215. The van der Waals surface area contributed by atoms with Crippen molar-refractivity contribution >= 4 is 5.97 Å². The van der Waals surface area contributed by atoms with Gasteiger partial charge in [0.15, 0.2) is 0 Å². The molecule has 0 fully saturated rings. The minimum Gasteiger partial charge on any atom is -0.462 e. The average molecular weight is 227 g/mol. The van der Waals surface area contributed by atoms with Crippen LogP contribution in [0.1, 0.15) is 48.0 Å². The summed E-state index contributed by atoms with van der Waals surface area (Å²) in [7, 11) is 0. The van der Waals surface area contributed by atoms with Crippen LogP contribution >= 0.6 is 0 Å². The van der Waals surface area contributed by atoms with Gasteiger partial charge in [0.2, 0.25) is 0 Å². The molecular formula is C13H25NO2. The summed E-state index contributed by atoms with van der Waals surface area (Å²) in [5.41, 5.74) is 0.663. The Labute approximate surface area is 99.5 Å². The fourth-order valence-corrected chi connectivity index (χ4v) is 1.48. The summed E-state index contributed by atoms with van der Waals surface area (Å²) in [6.07, 6.45) is 2.75. The van der Waals surface area contributed by atoms with E-state index in [1.807, 2.05) is 13.1 Å². The van der Waals surface area contributed by atoms with Crippen LogP contribution in [0.4, 0.5) is 0 Å². The van der Waals surface area contributed by atoms with Crippen molar-refractivity contribution in [2.75, 3.05) is 6.61 Å². The molecule has 0 aromatic heterocycles. The molecule has 16 heavy (non-hydrogen) atoms. The van der Waals surface area contributed by atoms with E-state index >= 15 is 0 Å². The molecule has 0 aliphatic rings. The summed E-state index contributed by atoms with van der Waals surface area (Å²) in [6.45, 7) is 12.7. The van der Waals surface area contributed by atoms with E-state index < -0.39 is 0 Å². The molecule has 0 bridgehead atoms. The molecule has 0 atom stereocenters. The number of carbonyl (C=O) groups excluding carboxylic acids is 1. The maximum absolute atomic E-state index is 11.6. The van der Waals surface area contributed by atoms with E-state index in [0.717, 1.165) is 6.42 Å². The van der Waals surface area contributed by atoms with Crippen LogP contribution in [-0.2, 0) is 9.53 Å². The van der Waals surface area contributed by atoms with Crippen LogP contribution in [0, 0.1) is 0 Å². The van der Waals surface area contributed by atoms with Gasteiger partial charge in [-0.15, -0.1) is 0 Å². The Morgan fingerprint density at radius 1 is 1.25 bits per heavy atom. The monoisotopic (exact) mass is 227 g/mol. The van der Waals surface area contributed by atoms with Crippen LogP contribution in [0.15, 0.2) is 11.8 Å². The summed E-state index contributed by atoms with van der Waals surface area (Å²) in [5.74, 6) is -0.215. The summed E-state index contributed by atoms with van der Waals surface area (Å²) in [4.78, 5) is 13.7. The van der Waals surface area contributed by atoms with Gasteiger partial charge in [-0.3, -0.25) is 0 Å². The van der Waals surface area contributed by atoms with E-state index in [1.54, 1.807) is 6.92 Å². The van der Waals surface area contributed by atoms with E-state index in [4.69, 9.17) is 4.74 Å². The molecule has 0 aromatic rings. The molecule has 0 spiro atoms. The molecule has 0 rings (SSSR count). The van der Waals surface area contributed by atoms with Crippen LogP contribution in [0.2, 0.25) is 0 Å². The second-order valence-electron chi connectivity index (χ2n) is 4.58. The topological polar surface area (TPSA) is 29.5 Å². The molecule has 0 saturated heterocycles. The molecule has 0 N–H and O–H groups in total. The highest BCUT2D eigenvalue weighted by atomic mass is 16.5. The third-order valence-electron chi connectivity index (χ3n) is 2.29. The van der Waals surface area contributed by atoms with Gasteiger partial charge in [-0.2, -0.15) is 0 Å². The first-order valence-corrected chi connectivity index (χ1v) is 6.03. The van der Waals surface area contributed by atoms with Crippen molar-refractivity contribution in [1.82, 2.24) is 4.90 Å². The highest BCUT2D eigenvalue weighted by molar-refractivity contribution is 5.87. The molecule has 0 heterocycles. The summed E-state index contributed by atoms with van der Waals surface area (Å²) < 4.78 is 5.08. The van der Waals surface area contributed by atoms with Crippen LogP contribution in [0.3, 0.4) is 0 Å². The Balaban J connectivity index is 4.53. The van der Waals surface area contributed by atoms with Crippen molar-refractivity contribution in [2.24, 2.45) is 0 Å². The summed E-state index contributed by atoms with van der Waals surface area (Å²) in [6, 6.07) is 0.767. The number of carbonyl (C=O) groups is 1. The average Bonchev–Trinajstić information content (AvgIpc) is 2.20. The smallest absolute Gasteiger partial charge is 0.335 e. The third-order valence-corrected chi connectivity index (χ3v) is 2.29. The standard InChI is InChI=1S/C13H25NO2/c1-7-8-16-13(15)12(6)9-14(10(2)3)11(4)5/h9-11H,7-8H2,1-6H3/b12-9+. The van der Waals surface area contributed by atoms with Crippen molar-refractivity contribution in [3.63, 3.8) is 0 Å². The van der Waals surface area contributed by atoms with E-state index in [9.17, 15) is 4.79 Å². The maximum atomic E-state index is 11.6. The van der Waals surface area contributed by atoms with Crippen molar-refractivity contribution in [3.8, 4) is 0 Å². The Morgan fingerprint density at radius 3 is 2.12 bits per heavy atom. The predicted octanol–water partition coefficient (Wildman–Crippen LogP) is 2.96. The molecule has 0 aliphatic heterocycles. The van der Waals surface area contributed by atoms with Gasteiger partial charge in [0.25, 0.3) is 0 Å². The summed E-state index contributed by atoms with van der Waals surface area (Å²) >= 11 is 0. The highest BCUT2D eigenvalue weighted by Crippen LogP contribution is 2.09. The van der Waals surface area contributed by atoms with Gasteiger partial charge in [-0.25, -0.2) is 4.79 Å². The van der Waals surface area contributed by atoms with Crippen molar-refractivity contribution in [2.45, 2.75) is 60.0 Å². The quantitative estimate of drug-likeness (QED) is 0.516. The number of hydrogen-bond acceptors (Lipinski definition) is 3. The van der Waals surface area contributed by atoms with Gasteiger partial charge in [-0.05, 0) is 41.0 Å². The lowest BCUT2D eigenvalue weighted by Gasteiger charge is -2.29. The largest absolute Gasteiger partial charge is 0.462 e. The Bertz CT molecular complexity index is 236. The first-order chi connectivity index (χ1) is 7.40. The van der Waals surface area contributed by atoms with Gasteiger partial charge >= 0.3 is 5.97 Å². The molecule has 0 saturated carbocycles. The van der Waals surface area contributed by atoms with E-state index in [0.29, 0.717) is 24.3 Å². The van der Waals surface area contributed by atoms with Crippen LogP contribution in [0.5, 0.6) is 0 Å². The SMILES string of the molecule is CCCOC(=O)/C(C)=C/N(C(C)C)C(C)C. The number of nitrogens with zero attached hydrogens (tertiary/aromatic N) is 1. The van der Waals surface area contributed by atoms with Crippen LogP contribution in [0.25, 0.3) is 0 Å². The number of rotatable bonds is 6. The number of esters is 1. The Morgan fingerprint density at radius 2 is 1.75 bits per heavy atom. The predicted molar refractivity (Wildman–Crippen MR) is 67.1 cm³/mol. The van der Waals surface area contributed by atoms with Crippen molar-refractivity contribution in [3.05, 3.63) is 11.8 Å². The Kier molecular flexibility index (Phi) is 6.86. The van der Waals surface area contributed by atoms with Gasteiger partial charge in [0.05, 0.1) is 6.61 Å². The first kappa shape index (κ1) is 15.0. The lowest BCUT2D eigenvalue weighted by Crippen LogP contribution is -2.32. The van der Waals surface area contributed by atoms with E-state index in [2.05, 4.69) is 32.6 Å². The van der Waals surface area contributed by atoms with Gasteiger partial charge in [0.1, 0.15) is 0 Å². The fourth-order valence-electron chi connectivity index (χ4n) is 1.48. The van der Waals surface area contributed by atoms with E-state index in [-0.39, 0.29) is 5.97 Å². The van der Waals surface area contributed by atoms with Crippen molar-refractivity contribution in [1.29, 1.82) is 0 Å². The maximum Gasteiger partial charge on any atom is 0.335 e. The normalized spacial score (nSPS) is 12.1. The van der Waals surface area contributed by atoms with Crippen molar-refractivity contribution < 1.29 is 9.53 Å². The first-order valence-electron chi connectivity index (χ1n) is 6.03. The molecule has 0 unspecified atom stereocenters. The third kappa shape index (κ3) is 5.19. The Hall–Kier alpha value is -0.990. The minimum absolute atomic E-state index is 0.215. The van der Waals surface area contributed by atoms with Crippen LogP contribution in [-0.4, -0.2) is 29.6 Å². The highest BCUT2D eigenvalue weighted by Gasteiger charge is 2.12. The summed E-state index contributed by atoms with van der Waals surface area (Å²) in [5, 5.41) is 0. The zero-order chi connectivity index (χ0) is 12.7.